The van der Waals surface area contributed by atoms with E-state index in [-0.39, 0.29) is 5.41 Å². The lowest BCUT2D eigenvalue weighted by atomic mass is 9.43. The van der Waals surface area contributed by atoms with Crippen LogP contribution in [0, 0.1) is 40.4 Å². The van der Waals surface area contributed by atoms with Crippen molar-refractivity contribution in [2.75, 3.05) is 0 Å². The fraction of sp³-hybridized carbons (Fsp3) is 0.900. The van der Waals surface area contributed by atoms with Gasteiger partial charge in [0.15, 0.2) is 0 Å². The minimum atomic E-state index is 0.128. The Kier molecular flexibility index (Phi) is 3.45. The second-order valence-corrected chi connectivity index (χ2v) is 9.49. The van der Waals surface area contributed by atoms with Crippen molar-refractivity contribution in [2.45, 2.75) is 72.1 Å². The van der Waals surface area contributed by atoms with Gasteiger partial charge in [-0.15, -0.1) is 0 Å². The van der Waals surface area contributed by atoms with Gasteiger partial charge in [-0.1, -0.05) is 25.9 Å². The highest BCUT2D eigenvalue weighted by molar-refractivity contribution is 5.92. The number of oxime groups is 1. The van der Waals surface area contributed by atoms with Crippen molar-refractivity contribution < 1.29 is 10.0 Å². The van der Waals surface area contributed by atoms with E-state index in [4.69, 9.17) is 0 Å². The summed E-state index contributed by atoms with van der Waals surface area (Å²) in [6, 6.07) is 0. The van der Waals surface area contributed by atoms with Crippen LogP contribution in [0.15, 0.2) is 5.16 Å². The predicted octanol–water partition coefficient (Wildman–Crippen LogP) is 4.67. The van der Waals surface area contributed by atoms with Crippen molar-refractivity contribution in [3.8, 4) is 0 Å². The van der Waals surface area contributed by atoms with Crippen LogP contribution < -0.4 is 0 Å². The Labute approximate surface area is 139 Å². The Hall–Kier alpha value is -0.860. The summed E-state index contributed by atoms with van der Waals surface area (Å²) in [5.74, 6) is 3.97. The van der Waals surface area contributed by atoms with Gasteiger partial charge in [-0.3, -0.25) is 4.79 Å². The molecule has 128 valence electrons. The molecule has 4 fully saturated rings. The summed E-state index contributed by atoms with van der Waals surface area (Å²) in [5, 5.41) is 13.1. The van der Waals surface area contributed by atoms with Crippen molar-refractivity contribution in [2.24, 2.45) is 45.6 Å². The van der Waals surface area contributed by atoms with Gasteiger partial charge in [0.1, 0.15) is 5.78 Å². The van der Waals surface area contributed by atoms with Gasteiger partial charge in [-0.25, -0.2) is 0 Å². The zero-order valence-electron chi connectivity index (χ0n) is 14.8. The SMILES string of the molecule is C[C@H]1CC2C3CC/C(=N\O)C3(C)CC[C@@H]2C2(C)CCC(=O)CC12. The van der Waals surface area contributed by atoms with Crippen molar-refractivity contribution in [1.29, 1.82) is 0 Å². The third kappa shape index (κ3) is 2.01. The number of nitrogens with zero attached hydrogens (tertiary/aromatic N) is 1. The molecule has 0 amide bonds. The maximum atomic E-state index is 12.0. The maximum Gasteiger partial charge on any atom is 0.133 e. The third-order valence-electron chi connectivity index (χ3n) is 8.71. The first-order valence-corrected chi connectivity index (χ1v) is 9.63. The van der Waals surface area contributed by atoms with Crippen LogP contribution in [-0.2, 0) is 4.79 Å². The normalized spacial score (nSPS) is 54.5. The summed E-state index contributed by atoms with van der Waals surface area (Å²) in [6.07, 6.45) is 8.61. The van der Waals surface area contributed by atoms with Crippen LogP contribution in [0.2, 0.25) is 0 Å². The Bertz CT molecular complexity index is 556. The summed E-state index contributed by atoms with van der Waals surface area (Å²) in [5.41, 5.74) is 1.54. The van der Waals surface area contributed by atoms with Crippen molar-refractivity contribution in [3.63, 3.8) is 0 Å². The molecule has 5 unspecified atom stereocenters. The Morgan fingerprint density at radius 3 is 2.61 bits per heavy atom. The van der Waals surface area contributed by atoms with Crippen LogP contribution in [-0.4, -0.2) is 16.7 Å². The summed E-state index contributed by atoms with van der Waals surface area (Å²) < 4.78 is 0. The van der Waals surface area contributed by atoms with Gasteiger partial charge < -0.3 is 5.21 Å². The largest absolute Gasteiger partial charge is 0.411 e. The molecule has 1 N–H and O–H groups in total. The van der Waals surface area contributed by atoms with Crippen LogP contribution in [0.25, 0.3) is 0 Å². The quantitative estimate of drug-likeness (QED) is 0.521. The van der Waals surface area contributed by atoms with Crippen LogP contribution in [0.3, 0.4) is 0 Å². The topological polar surface area (TPSA) is 49.7 Å². The van der Waals surface area contributed by atoms with E-state index >= 15 is 0 Å². The highest BCUT2D eigenvalue weighted by Crippen LogP contribution is 2.66. The highest BCUT2D eigenvalue weighted by atomic mass is 16.4. The summed E-state index contributed by atoms with van der Waals surface area (Å²) >= 11 is 0. The van der Waals surface area contributed by atoms with Crippen LogP contribution >= 0.6 is 0 Å². The molecule has 0 heterocycles. The summed E-state index contributed by atoms with van der Waals surface area (Å²) in [6.45, 7) is 7.23. The Balaban J connectivity index is 1.69. The molecular weight excluding hydrogens is 286 g/mol. The van der Waals surface area contributed by atoms with Crippen molar-refractivity contribution >= 4 is 11.5 Å². The first-order valence-electron chi connectivity index (χ1n) is 9.63. The number of Topliss-reactive ketones (excluding diaryl/α,β-unsaturated/α-hetero) is 1. The number of hydrogen-bond acceptors (Lipinski definition) is 3. The van der Waals surface area contributed by atoms with Crippen LogP contribution in [0.4, 0.5) is 0 Å². The van der Waals surface area contributed by atoms with E-state index in [9.17, 15) is 10.0 Å². The number of carbonyl (C=O) groups excluding carboxylic acids is 1. The molecule has 4 aliphatic rings. The van der Waals surface area contributed by atoms with Gasteiger partial charge in [-0.05, 0) is 73.5 Å². The molecule has 23 heavy (non-hydrogen) atoms. The van der Waals surface area contributed by atoms with E-state index in [2.05, 4.69) is 25.9 Å². The standard InChI is InChI=1S/C20H31NO2/c1-12-10-14-15-4-5-18(21-23)20(15,3)9-7-16(14)19(2)8-6-13(22)11-17(12)19/h12,14-17,23H,4-11H2,1-3H3/b21-18+/t12-,14?,15?,16-,17?,19?,20?/m0/s1. The lowest BCUT2D eigenvalue weighted by Gasteiger charge is -2.61. The van der Waals surface area contributed by atoms with E-state index in [1.807, 2.05) is 0 Å². The number of hydrogen-bond donors (Lipinski definition) is 1. The minimum absolute atomic E-state index is 0.128. The fourth-order valence-corrected chi connectivity index (χ4v) is 7.47. The number of carbonyl (C=O) groups is 1. The van der Waals surface area contributed by atoms with Crippen molar-refractivity contribution in [3.05, 3.63) is 0 Å². The molecule has 3 heteroatoms. The monoisotopic (exact) mass is 317 g/mol. The lowest BCUT2D eigenvalue weighted by molar-refractivity contribution is -0.144. The molecular formula is C20H31NO2. The molecule has 0 saturated heterocycles. The van der Waals surface area contributed by atoms with Gasteiger partial charge in [-0.2, -0.15) is 0 Å². The Morgan fingerprint density at radius 1 is 1.09 bits per heavy atom. The van der Waals surface area contributed by atoms with Crippen LogP contribution in [0.5, 0.6) is 0 Å². The smallest absolute Gasteiger partial charge is 0.133 e. The second-order valence-electron chi connectivity index (χ2n) is 9.49. The predicted molar refractivity (Wildman–Crippen MR) is 90.5 cm³/mol. The number of rotatable bonds is 0. The molecule has 0 aliphatic heterocycles. The average Bonchev–Trinajstić information content (AvgIpc) is 2.86. The molecule has 0 spiro atoms. The summed E-state index contributed by atoms with van der Waals surface area (Å²) in [4.78, 5) is 12.0. The molecule has 0 aromatic heterocycles. The maximum absolute atomic E-state index is 12.0. The average molecular weight is 317 g/mol. The fourth-order valence-electron chi connectivity index (χ4n) is 7.47. The molecule has 0 aromatic rings. The zero-order valence-corrected chi connectivity index (χ0v) is 14.8. The molecule has 4 saturated carbocycles. The second kappa shape index (κ2) is 5.07. The molecule has 0 bridgehead atoms. The first kappa shape index (κ1) is 15.7. The Morgan fingerprint density at radius 2 is 1.87 bits per heavy atom. The van der Waals surface area contributed by atoms with Crippen LogP contribution in [0.1, 0.15) is 72.1 Å². The molecule has 7 atom stereocenters. The molecule has 4 rings (SSSR count). The van der Waals surface area contributed by atoms with Gasteiger partial charge in [0.25, 0.3) is 0 Å². The molecule has 4 aliphatic carbocycles. The number of ketones is 1. The van der Waals surface area contributed by atoms with Crippen molar-refractivity contribution in [1.82, 2.24) is 0 Å². The van der Waals surface area contributed by atoms with Gasteiger partial charge >= 0.3 is 0 Å². The number of fused-ring (bicyclic) bond motifs is 5. The van der Waals surface area contributed by atoms with Gasteiger partial charge in [0, 0.05) is 18.3 Å². The molecule has 0 radical (unpaired) electrons. The lowest BCUT2D eigenvalue weighted by Crippen LogP contribution is -2.55. The zero-order chi connectivity index (χ0) is 16.4. The summed E-state index contributed by atoms with van der Waals surface area (Å²) in [7, 11) is 0. The van der Waals surface area contributed by atoms with E-state index in [0.29, 0.717) is 29.0 Å². The van der Waals surface area contributed by atoms with E-state index in [1.54, 1.807) is 0 Å². The van der Waals surface area contributed by atoms with E-state index in [1.165, 1.54) is 25.7 Å². The van der Waals surface area contributed by atoms with E-state index < -0.39 is 0 Å². The first-order chi connectivity index (χ1) is 10.9. The van der Waals surface area contributed by atoms with Gasteiger partial charge in [0.05, 0.1) is 5.71 Å². The third-order valence-corrected chi connectivity index (χ3v) is 8.71. The molecule has 3 nitrogen and oxygen atoms in total. The highest BCUT2D eigenvalue weighted by Gasteiger charge is 2.61. The molecule has 0 aromatic carbocycles. The minimum Gasteiger partial charge on any atom is -0.411 e. The van der Waals surface area contributed by atoms with Gasteiger partial charge in [0.2, 0.25) is 0 Å². The van der Waals surface area contributed by atoms with E-state index in [0.717, 1.165) is 43.2 Å².